The number of hydrogen-bond donors (Lipinski definition) is 2. The lowest BCUT2D eigenvalue weighted by atomic mass is 10.1. The third-order valence-electron chi connectivity index (χ3n) is 3.52. The number of rotatable bonds is 3. The van der Waals surface area contributed by atoms with Gasteiger partial charge in [0.05, 0.1) is 6.54 Å². The molecule has 2 fully saturated rings. The number of aromatic amines is 1. The van der Waals surface area contributed by atoms with Gasteiger partial charge >= 0.3 is 0 Å². The van der Waals surface area contributed by atoms with Crippen molar-refractivity contribution in [3.05, 3.63) is 5.82 Å². The summed E-state index contributed by atoms with van der Waals surface area (Å²) in [4.78, 5) is 2.59. The van der Waals surface area contributed by atoms with Gasteiger partial charge in [-0.15, -0.1) is 10.2 Å². The predicted octanol–water partition coefficient (Wildman–Crippen LogP) is -0.474. The van der Waals surface area contributed by atoms with Gasteiger partial charge in [-0.2, -0.15) is 5.21 Å². The SMILES string of the molecule is C1CC2C(NCc3nn[nH]n3)CCN2C1. The zero-order valence-electron chi connectivity index (χ0n) is 8.69. The van der Waals surface area contributed by atoms with Crippen LogP contribution in [0.2, 0.25) is 0 Å². The quantitative estimate of drug-likeness (QED) is 0.702. The minimum Gasteiger partial charge on any atom is -0.305 e. The van der Waals surface area contributed by atoms with Gasteiger partial charge in [0.2, 0.25) is 0 Å². The molecule has 2 aliphatic heterocycles. The lowest BCUT2D eigenvalue weighted by molar-refractivity contribution is 0.298. The second-order valence-corrected chi connectivity index (χ2v) is 4.35. The molecule has 15 heavy (non-hydrogen) atoms. The van der Waals surface area contributed by atoms with Crippen molar-refractivity contribution < 1.29 is 0 Å². The molecule has 6 heteroatoms. The third kappa shape index (κ3) is 1.74. The van der Waals surface area contributed by atoms with E-state index in [1.807, 2.05) is 0 Å². The van der Waals surface area contributed by atoms with Crippen molar-refractivity contribution in [3.8, 4) is 0 Å². The van der Waals surface area contributed by atoms with E-state index >= 15 is 0 Å². The van der Waals surface area contributed by atoms with E-state index in [0.717, 1.165) is 18.4 Å². The molecule has 0 aliphatic carbocycles. The lowest BCUT2D eigenvalue weighted by Crippen LogP contribution is -2.38. The number of nitrogens with zero attached hydrogens (tertiary/aromatic N) is 4. The van der Waals surface area contributed by atoms with E-state index in [9.17, 15) is 0 Å². The molecule has 0 amide bonds. The summed E-state index contributed by atoms with van der Waals surface area (Å²) in [5, 5.41) is 17.4. The fourth-order valence-corrected chi connectivity index (χ4v) is 2.80. The minimum absolute atomic E-state index is 0.617. The number of fused-ring (bicyclic) bond motifs is 1. The molecular formula is C9H16N6. The first-order chi connectivity index (χ1) is 7.43. The topological polar surface area (TPSA) is 69.7 Å². The second kappa shape index (κ2) is 3.86. The van der Waals surface area contributed by atoms with Gasteiger partial charge in [0.25, 0.3) is 0 Å². The van der Waals surface area contributed by atoms with Crippen LogP contribution < -0.4 is 5.32 Å². The number of H-pyrrole nitrogens is 1. The molecule has 2 atom stereocenters. The Hall–Kier alpha value is -1.01. The summed E-state index contributed by atoms with van der Waals surface area (Å²) in [6.45, 7) is 3.26. The second-order valence-electron chi connectivity index (χ2n) is 4.35. The van der Waals surface area contributed by atoms with E-state index in [1.165, 1.54) is 32.4 Å². The molecule has 1 aromatic rings. The predicted molar refractivity (Wildman–Crippen MR) is 54.0 cm³/mol. The van der Waals surface area contributed by atoms with Crippen LogP contribution in [-0.2, 0) is 6.54 Å². The zero-order valence-corrected chi connectivity index (χ0v) is 8.69. The van der Waals surface area contributed by atoms with E-state index in [4.69, 9.17) is 0 Å². The van der Waals surface area contributed by atoms with Gasteiger partial charge in [-0.05, 0) is 25.8 Å². The van der Waals surface area contributed by atoms with Crippen molar-refractivity contribution in [1.82, 2.24) is 30.8 Å². The van der Waals surface area contributed by atoms with Gasteiger partial charge in [0, 0.05) is 18.6 Å². The lowest BCUT2D eigenvalue weighted by Gasteiger charge is -2.20. The molecule has 3 heterocycles. The monoisotopic (exact) mass is 208 g/mol. The van der Waals surface area contributed by atoms with Crippen molar-refractivity contribution >= 4 is 0 Å². The molecule has 6 nitrogen and oxygen atoms in total. The van der Waals surface area contributed by atoms with Gasteiger partial charge in [0.15, 0.2) is 5.82 Å². The number of nitrogens with one attached hydrogen (secondary N) is 2. The van der Waals surface area contributed by atoms with E-state index < -0.39 is 0 Å². The van der Waals surface area contributed by atoms with E-state index in [2.05, 4.69) is 30.8 Å². The van der Waals surface area contributed by atoms with Crippen LogP contribution in [0.25, 0.3) is 0 Å². The van der Waals surface area contributed by atoms with Gasteiger partial charge < -0.3 is 5.32 Å². The average Bonchev–Trinajstić information content (AvgIpc) is 2.93. The fourth-order valence-electron chi connectivity index (χ4n) is 2.80. The molecule has 0 radical (unpaired) electrons. The summed E-state index contributed by atoms with van der Waals surface area (Å²) in [7, 11) is 0. The van der Waals surface area contributed by atoms with Crippen molar-refractivity contribution in [2.24, 2.45) is 0 Å². The Kier molecular flexibility index (Phi) is 2.38. The van der Waals surface area contributed by atoms with E-state index in [0.29, 0.717) is 6.04 Å². The van der Waals surface area contributed by atoms with Crippen LogP contribution in [0.3, 0.4) is 0 Å². The molecule has 0 spiro atoms. The highest BCUT2D eigenvalue weighted by Crippen LogP contribution is 2.27. The van der Waals surface area contributed by atoms with Crippen LogP contribution in [0.5, 0.6) is 0 Å². The summed E-state index contributed by atoms with van der Waals surface area (Å²) in [6, 6.07) is 1.36. The highest BCUT2D eigenvalue weighted by atomic mass is 15.5. The van der Waals surface area contributed by atoms with Crippen LogP contribution >= 0.6 is 0 Å². The molecule has 2 unspecified atom stereocenters. The minimum atomic E-state index is 0.617. The Morgan fingerprint density at radius 2 is 2.40 bits per heavy atom. The summed E-state index contributed by atoms with van der Waals surface area (Å²) < 4.78 is 0. The largest absolute Gasteiger partial charge is 0.305 e. The normalized spacial score (nSPS) is 30.9. The first kappa shape index (κ1) is 9.23. The van der Waals surface area contributed by atoms with Crippen LogP contribution in [0.1, 0.15) is 25.1 Å². The molecule has 3 rings (SSSR count). The number of hydrogen-bond acceptors (Lipinski definition) is 5. The first-order valence-corrected chi connectivity index (χ1v) is 5.63. The Bertz CT molecular complexity index is 310. The van der Waals surface area contributed by atoms with Crippen LogP contribution in [0.15, 0.2) is 0 Å². The molecule has 2 N–H and O–H groups in total. The molecular weight excluding hydrogens is 192 g/mol. The summed E-state index contributed by atoms with van der Waals surface area (Å²) in [6.07, 6.45) is 3.94. The molecule has 0 aromatic carbocycles. The van der Waals surface area contributed by atoms with Gasteiger partial charge in [0.1, 0.15) is 0 Å². The van der Waals surface area contributed by atoms with Gasteiger partial charge in [-0.3, -0.25) is 4.90 Å². The van der Waals surface area contributed by atoms with Crippen molar-refractivity contribution in [3.63, 3.8) is 0 Å². The fraction of sp³-hybridized carbons (Fsp3) is 0.889. The van der Waals surface area contributed by atoms with Crippen molar-refractivity contribution in [2.45, 2.75) is 37.9 Å². The molecule has 1 aromatic heterocycles. The Morgan fingerprint density at radius 1 is 1.40 bits per heavy atom. The van der Waals surface area contributed by atoms with Crippen molar-refractivity contribution in [2.75, 3.05) is 13.1 Å². The highest BCUT2D eigenvalue weighted by molar-refractivity contribution is 4.96. The number of tetrazole rings is 1. The Labute approximate surface area is 88.4 Å². The van der Waals surface area contributed by atoms with Crippen LogP contribution in [0.4, 0.5) is 0 Å². The average molecular weight is 208 g/mol. The highest BCUT2D eigenvalue weighted by Gasteiger charge is 2.36. The zero-order chi connectivity index (χ0) is 10.1. The third-order valence-corrected chi connectivity index (χ3v) is 3.52. The van der Waals surface area contributed by atoms with Gasteiger partial charge in [-0.25, -0.2) is 0 Å². The maximum atomic E-state index is 3.94. The molecule has 0 bridgehead atoms. The first-order valence-electron chi connectivity index (χ1n) is 5.63. The Morgan fingerprint density at radius 3 is 3.27 bits per heavy atom. The molecule has 0 saturated carbocycles. The summed E-state index contributed by atoms with van der Waals surface area (Å²) in [5.74, 6) is 0.756. The van der Waals surface area contributed by atoms with Crippen LogP contribution in [-0.4, -0.2) is 50.7 Å². The maximum absolute atomic E-state index is 3.94. The smallest absolute Gasteiger partial charge is 0.188 e. The maximum Gasteiger partial charge on any atom is 0.188 e. The van der Waals surface area contributed by atoms with Crippen LogP contribution in [0, 0.1) is 0 Å². The standard InChI is InChI=1S/C9H16N6/c1-2-8-7(3-5-15(8)4-1)10-6-9-11-13-14-12-9/h7-8,10H,1-6H2,(H,11,12,13,14). The molecule has 2 aliphatic rings. The van der Waals surface area contributed by atoms with E-state index in [1.54, 1.807) is 0 Å². The Balaban J connectivity index is 1.55. The molecule has 2 saturated heterocycles. The number of aromatic nitrogens is 4. The van der Waals surface area contributed by atoms with Gasteiger partial charge in [-0.1, -0.05) is 5.21 Å². The van der Waals surface area contributed by atoms with E-state index in [-0.39, 0.29) is 0 Å². The van der Waals surface area contributed by atoms with Crippen molar-refractivity contribution in [1.29, 1.82) is 0 Å². The summed E-state index contributed by atoms with van der Waals surface area (Å²) in [5.41, 5.74) is 0. The molecule has 82 valence electrons. The summed E-state index contributed by atoms with van der Waals surface area (Å²) >= 11 is 0.